The molecule has 0 bridgehead atoms. The zero-order valence-corrected chi connectivity index (χ0v) is 16.3. The number of anilines is 2. The van der Waals surface area contributed by atoms with Gasteiger partial charge in [0.05, 0.1) is 5.69 Å². The van der Waals surface area contributed by atoms with Crippen LogP contribution in [0.4, 0.5) is 16.2 Å². The number of hydrogen-bond donors (Lipinski definition) is 3. The molecular formula is C20H25ClN4O2. The molecule has 0 radical (unpaired) electrons. The van der Waals surface area contributed by atoms with Gasteiger partial charge in [-0.15, -0.1) is 12.4 Å². The molecule has 7 heteroatoms. The molecule has 1 aliphatic heterocycles. The molecule has 3 amide bonds. The van der Waals surface area contributed by atoms with Crippen LogP contribution in [0.15, 0.2) is 48.5 Å². The number of halogens is 1. The van der Waals surface area contributed by atoms with Gasteiger partial charge in [-0.2, -0.15) is 0 Å². The highest BCUT2D eigenvalue weighted by atomic mass is 35.5. The Balaban J connectivity index is 0.00000261. The summed E-state index contributed by atoms with van der Waals surface area (Å²) in [4.78, 5) is 26.6. The Labute approximate surface area is 165 Å². The number of urea groups is 1. The van der Waals surface area contributed by atoms with Crippen molar-refractivity contribution in [1.29, 1.82) is 0 Å². The van der Waals surface area contributed by atoms with E-state index in [2.05, 4.69) is 10.6 Å². The lowest BCUT2D eigenvalue weighted by Crippen LogP contribution is -2.45. The topological polar surface area (TPSA) is 87.5 Å². The van der Waals surface area contributed by atoms with Crippen LogP contribution in [0.25, 0.3) is 0 Å². The van der Waals surface area contributed by atoms with Crippen molar-refractivity contribution < 1.29 is 9.59 Å². The lowest BCUT2D eigenvalue weighted by atomic mass is 9.92. The van der Waals surface area contributed by atoms with Crippen molar-refractivity contribution in [3.05, 3.63) is 59.7 Å². The van der Waals surface area contributed by atoms with Crippen LogP contribution in [0.1, 0.15) is 25.0 Å². The molecule has 1 unspecified atom stereocenters. The molecule has 27 heavy (non-hydrogen) atoms. The van der Waals surface area contributed by atoms with Gasteiger partial charge >= 0.3 is 6.03 Å². The summed E-state index contributed by atoms with van der Waals surface area (Å²) in [7, 11) is 0. The molecule has 0 aromatic heterocycles. The minimum Gasteiger partial charge on any atom is -0.338 e. The number of nitrogens with two attached hydrogens (primary N) is 1. The van der Waals surface area contributed by atoms with Crippen LogP contribution >= 0.6 is 12.4 Å². The average molecular weight is 389 g/mol. The third-order valence-electron chi connectivity index (χ3n) is 4.66. The van der Waals surface area contributed by atoms with E-state index < -0.39 is 5.54 Å². The Bertz CT molecular complexity index is 824. The van der Waals surface area contributed by atoms with Crippen molar-refractivity contribution in [2.45, 2.75) is 25.8 Å². The van der Waals surface area contributed by atoms with Gasteiger partial charge < -0.3 is 16.4 Å². The van der Waals surface area contributed by atoms with E-state index >= 15 is 0 Å². The number of nitrogens with one attached hydrogen (secondary N) is 2. The Hall–Kier alpha value is -2.57. The SMILES string of the molecule is CCNC(=O)N1CCc2ccc(NC(=O)C(C)(N)c3ccccc3)cc21.Cl. The Morgan fingerprint density at radius 3 is 2.56 bits per heavy atom. The molecule has 0 fully saturated rings. The first-order valence-electron chi connectivity index (χ1n) is 8.77. The first kappa shape index (κ1) is 20.7. The van der Waals surface area contributed by atoms with Crippen LogP contribution in [-0.2, 0) is 16.8 Å². The van der Waals surface area contributed by atoms with Gasteiger partial charge in [-0.05, 0) is 43.5 Å². The highest BCUT2D eigenvalue weighted by Gasteiger charge is 2.31. The van der Waals surface area contributed by atoms with E-state index in [0.717, 1.165) is 23.2 Å². The van der Waals surface area contributed by atoms with E-state index in [1.165, 1.54) is 0 Å². The van der Waals surface area contributed by atoms with Gasteiger partial charge in [0.15, 0.2) is 0 Å². The molecule has 1 heterocycles. The molecule has 0 saturated heterocycles. The molecular weight excluding hydrogens is 364 g/mol. The highest BCUT2D eigenvalue weighted by Crippen LogP contribution is 2.31. The summed E-state index contributed by atoms with van der Waals surface area (Å²) in [6, 6.07) is 14.8. The lowest BCUT2D eigenvalue weighted by Gasteiger charge is -2.24. The molecule has 144 valence electrons. The van der Waals surface area contributed by atoms with Crippen LogP contribution in [-0.4, -0.2) is 25.0 Å². The third kappa shape index (κ3) is 4.23. The van der Waals surface area contributed by atoms with E-state index in [1.807, 2.05) is 55.5 Å². The molecule has 4 N–H and O–H groups in total. The summed E-state index contributed by atoms with van der Waals surface area (Å²) in [6.07, 6.45) is 0.805. The Morgan fingerprint density at radius 2 is 1.89 bits per heavy atom. The molecule has 0 saturated carbocycles. The van der Waals surface area contributed by atoms with Crippen molar-refractivity contribution in [3.63, 3.8) is 0 Å². The predicted molar refractivity (Wildman–Crippen MR) is 110 cm³/mol. The summed E-state index contributed by atoms with van der Waals surface area (Å²) in [6.45, 7) is 4.78. The minimum atomic E-state index is -1.15. The van der Waals surface area contributed by atoms with E-state index in [1.54, 1.807) is 11.8 Å². The standard InChI is InChI=1S/C20H24N4O2.ClH/c1-3-22-19(26)24-12-11-14-9-10-16(13-17(14)24)23-18(25)20(2,21)15-7-5-4-6-8-15;/h4-10,13H,3,11-12,21H2,1-2H3,(H,22,26)(H,23,25);1H. The van der Waals surface area contributed by atoms with E-state index in [0.29, 0.717) is 18.8 Å². The zero-order chi connectivity index (χ0) is 18.7. The Morgan fingerprint density at radius 1 is 1.19 bits per heavy atom. The zero-order valence-electron chi connectivity index (χ0n) is 15.5. The first-order valence-corrected chi connectivity index (χ1v) is 8.77. The fourth-order valence-corrected chi connectivity index (χ4v) is 3.09. The number of nitrogens with zero attached hydrogens (tertiary/aromatic N) is 1. The maximum Gasteiger partial charge on any atom is 0.321 e. The maximum absolute atomic E-state index is 12.7. The first-order chi connectivity index (χ1) is 12.4. The van der Waals surface area contributed by atoms with Gasteiger partial charge in [0.1, 0.15) is 5.54 Å². The average Bonchev–Trinajstić information content (AvgIpc) is 3.06. The van der Waals surface area contributed by atoms with Crippen LogP contribution < -0.4 is 21.3 Å². The third-order valence-corrected chi connectivity index (χ3v) is 4.66. The monoisotopic (exact) mass is 388 g/mol. The molecule has 0 aliphatic carbocycles. The molecule has 6 nitrogen and oxygen atoms in total. The van der Waals surface area contributed by atoms with Gasteiger partial charge in [0, 0.05) is 18.8 Å². The van der Waals surface area contributed by atoms with Crippen molar-refractivity contribution in [1.82, 2.24) is 5.32 Å². The van der Waals surface area contributed by atoms with Crippen LogP contribution in [0, 0.1) is 0 Å². The van der Waals surface area contributed by atoms with Crippen molar-refractivity contribution in [2.75, 3.05) is 23.3 Å². The molecule has 0 spiro atoms. The van der Waals surface area contributed by atoms with E-state index in [4.69, 9.17) is 5.73 Å². The summed E-state index contributed by atoms with van der Waals surface area (Å²) < 4.78 is 0. The maximum atomic E-state index is 12.7. The summed E-state index contributed by atoms with van der Waals surface area (Å²) >= 11 is 0. The summed E-state index contributed by atoms with van der Waals surface area (Å²) in [5.41, 5.74) is 8.40. The Kier molecular flexibility index (Phi) is 6.46. The number of benzene rings is 2. The normalized spacial score (nSPS) is 14.6. The van der Waals surface area contributed by atoms with Gasteiger partial charge in [-0.25, -0.2) is 4.79 Å². The van der Waals surface area contributed by atoms with Gasteiger partial charge in [0.2, 0.25) is 5.91 Å². The highest BCUT2D eigenvalue weighted by molar-refractivity contribution is 6.00. The summed E-state index contributed by atoms with van der Waals surface area (Å²) in [5.74, 6) is -0.300. The van der Waals surface area contributed by atoms with E-state index in [-0.39, 0.29) is 24.3 Å². The molecule has 2 aromatic rings. The number of carbonyl (C=O) groups excluding carboxylic acids is 2. The largest absolute Gasteiger partial charge is 0.338 e. The van der Waals surface area contributed by atoms with Gasteiger partial charge in [-0.1, -0.05) is 36.4 Å². The predicted octanol–water partition coefficient (Wildman–Crippen LogP) is 3.01. The fourth-order valence-electron chi connectivity index (χ4n) is 3.09. The smallest absolute Gasteiger partial charge is 0.321 e. The van der Waals surface area contributed by atoms with Crippen molar-refractivity contribution >= 4 is 35.7 Å². The second-order valence-corrected chi connectivity index (χ2v) is 6.60. The van der Waals surface area contributed by atoms with Crippen LogP contribution in [0.5, 0.6) is 0 Å². The van der Waals surface area contributed by atoms with Crippen molar-refractivity contribution in [2.24, 2.45) is 5.73 Å². The number of hydrogen-bond acceptors (Lipinski definition) is 3. The van der Waals surface area contributed by atoms with Gasteiger partial charge in [0.25, 0.3) is 0 Å². The molecule has 3 rings (SSSR count). The lowest BCUT2D eigenvalue weighted by molar-refractivity contribution is -0.120. The number of amides is 3. The number of fused-ring (bicyclic) bond motifs is 1. The number of carbonyl (C=O) groups is 2. The second-order valence-electron chi connectivity index (χ2n) is 6.60. The quantitative estimate of drug-likeness (QED) is 0.752. The van der Waals surface area contributed by atoms with Crippen LogP contribution in [0.2, 0.25) is 0 Å². The minimum absolute atomic E-state index is 0. The molecule has 2 aromatic carbocycles. The second kappa shape index (κ2) is 8.41. The molecule has 1 atom stereocenters. The van der Waals surface area contributed by atoms with Crippen LogP contribution in [0.3, 0.4) is 0 Å². The van der Waals surface area contributed by atoms with E-state index in [9.17, 15) is 9.59 Å². The van der Waals surface area contributed by atoms with Crippen molar-refractivity contribution in [3.8, 4) is 0 Å². The van der Waals surface area contributed by atoms with Gasteiger partial charge in [-0.3, -0.25) is 9.69 Å². The fraction of sp³-hybridized carbons (Fsp3) is 0.300. The molecule has 1 aliphatic rings. The number of rotatable bonds is 4. The summed E-state index contributed by atoms with van der Waals surface area (Å²) in [5, 5.41) is 5.69.